The van der Waals surface area contributed by atoms with Crippen LogP contribution in [-0.4, -0.2) is 30.6 Å². The number of esters is 1. The van der Waals surface area contributed by atoms with Crippen molar-refractivity contribution in [3.05, 3.63) is 65.2 Å². The van der Waals surface area contributed by atoms with Crippen LogP contribution in [0.5, 0.6) is 5.75 Å². The molecule has 0 fully saturated rings. The normalized spacial score (nSPS) is 18.1. The Morgan fingerprint density at radius 3 is 2.68 bits per heavy atom. The van der Waals surface area contributed by atoms with Crippen molar-refractivity contribution in [2.75, 3.05) is 13.2 Å². The van der Waals surface area contributed by atoms with Gasteiger partial charge in [0.2, 0.25) is 0 Å². The van der Waals surface area contributed by atoms with E-state index in [0.29, 0.717) is 24.9 Å². The number of carbonyl (C=O) groups excluding carboxylic acids is 2. The molecule has 2 aromatic rings. The van der Waals surface area contributed by atoms with Crippen molar-refractivity contribution < 1.29 is 19.1 Å². The maximum absolute atomic E-state index is 12.7. The van der Waals surface area contributed by atoms with E-state index in [0.717, 1.165) is 36.3 Å². The molecule has 0 saturated carbocycles. The minimum atomic E-state index is -1.18. The van der Waals surface area contributed by atoms with Crippen LogP contribution in [0.3, 0.4) is 0 Å². The average Bonchev–Trinajstić information content (AvgIpc) is 2.69. The number of amides is 1. The number of hydrogen-bond acceptors (Lipinski definition) is 4. The lowest BCUT2D eigenvalue weighted by Gasteiger charge is -2.33. The van der Waals surface area contributed by atoms with E-state index >= 15 is 0 Å². The summed E-state index contributed by atoms with van der Waals surface area (Å²) >= 11 is 0. The summed E-state index contributed by atoms with van der Waals surface area (Å²) in [7, 11) is 0. The summed E-state index contributed by atoms with van der Waals surface area (Å²) in [6.45, 7) is 5.00. The molecule has 1 unspecified atom stereocenters. The highest BCUT2D eigenvalue weighted by atomic mass is 16.6. The van der Waals surface area contributed by atoms with E-state index in [2.05, 4.69) is 12.2 Å². The molecule has 28 heavy (non-hydrogen) atoms. The predicted molar refractivity (Wildman–Crippen MR) is 108 cm³/mol. The van der Waals surface area contributed by atoms with Crippen molar-refractivity contribution >= 4 is 11.9 Å². The third-order valence-electron chi connectivity index (χ3n) is 4.95. The van der Waals surface area contributed by atoms with Crippen molar-refractivity contribution in [2.45, 2.75) is 45.1 Å². The lowest BCUT2D eigenvalue weighted by molar-refractivity contribution is -0.139. The highest BCUT2D eigenvalue weighted by Crippen LogP contribution is 2.28. The molecule has 2 aromatic carbocycles. The Labute approximate surface area is 166 Å². The number of benzene rings is 2. The summed E-state index contributed by atoms with van der Waals surface area (Å²) in [6, 6.07) is 15.2. The van der Waals surface area contributed by atoms with Crippen LogP contribution in [0.4, 0.5) is 0 Å². The van der Waals surface area contributed by atoms with E-state index < -0.39 is 11.6 Å². The predicted octanol–water partition coefficient (Wildman–Crippen LogP) is 3.70. The first-order chi connectivity index (χ1) is 13.5. The molecule has 0 radical (unpaired) electrons. The molecule has 0 aliphatic carbocycles. The van der Waals surface area contributed by atoms with E-state index in [9.17, 15) is 9.59 Å². The average molecular weight is 381 g/mol. The van der Waals surface area contributed by atoms with Crippen molar-refractivity contribution in [3.63, 3.8) is 0 Å². The van der Waals surface area contributed by atoms with Gasteiger partial charge in [0.05, 0.1) is 12.2 Å². The van der Waals surface area contributed by atoms with Crippen molar-refractivity contribution in [3.8, 4) is 5.75 Å². The first-order valence-corrected chi connectivity index (χ1v) is 9.83. The van der Waals surface area contributed by atoms with Gasteiger partial charge in [-0.15, -0.1) is 0 Å². The molecule has 1 aliphatic heterocycles. The maximum atomic E-state index is 12.7. The molecular weight excluding hydrogens is 354 g/mol. The molecule has 1 heterocycles. The van der Waals surface area contributed by atoms with Gasteiger partial charge in [0.1, 0.15) is 5.75 Å². The fraction of sp³-hybridized carbons (Fsp3) is 0.391. The number of unbranched alkanes of at least 4 members (excludes halogenated alkanes) is 1. The molecule has 5 heteroatoms. The Morgan fingerprint density at radius 1 is 1.18 bits per heavy atom. The number of nitrogens with one attached hydrogen (secondary N) is 1. The second kappa shape index (κ2) is 8.91. The summed E-state index contributed by atoms with van der Waals surface area (Å²) in [5, 5.41) is 2.90. The van der Waals surface area contributed by atoms with Crippen molar-refractivity contribution in [2.24, 2.45) is 0 Å². The summed E-state index contributed by atoms with van der Waals surface area (Å²) in [6.07, 6.45) is 3.23. The van der Waals surface area contributed by atoms with Crippen LogP contribution in [0.25, 0.3) is 0 Å². The third kappa shape index (κ3) is 4.71. The van der Waals surface area contributed by atoms with Gasteiger partial charge in [-0.25, -0.2) is 4.79 Å². The van der Waals surface area contributed by atoms with Gasteiger partial charge < -0.3 is 14.8 Å². The molecule has 0 aromatic heterocycles. The Morgan fingerprint density at radius 2 is 1.93 bits per heavy atom. The third-order valence-corrected chi connectivity index (χ3v) is 4.95. The van der Waals surface area contributed by atoms with E-state index in [1.54, 1.807) is 19.1 Å². The molecule has 0 bridgehead atoms. The molecule has 148 valence electrons. The lowest BCUT2D eigenvalue weighted by atomic mass is 9.89. The van der Waals surface area contributed by atoms with Crippen LogP contribution >= 0.6 is 0 Å². The van der Waals surface area contributed by atoms with E-state index in [-0.39, 0.29) is 5.91 Å². The highest BCUT2D eigenvalue weighted by molar-refractivity contribution is 5.97. The summed E-state index contributed by atoms with van der Waals surface area (Å²) in [5.41, 5.74) is 1.31. The number of rotatable bonds is 8. The van der Waals surface area contributed by atoms with Gasteiger partial charge in [-0.3, -0.25) is 4.79 Å². The minimum absolute atomic E-state index is 0.269. The summed E-state index contributed by atoms with van der Waals surface area (Å²) < 4.78 is 11.1. The Balaban J connectivity index is 1.51. The summed E-state index contributed by atoms with van der Waals surface area (Å²) in [4.78, 5) is 24.9. The van der Waals surface area contributed by atoms with E-state index in [1.165, 1.54) is 0 Å². The van der Waals surface area contributed by atoms with E-state index in [1.807, 2.05) is 36.4 Å². The molecule has 1 atom stereocenters. The van der Waals surface area contributed by atoms with Crippen molar-refractivity contribution in [1.82, 2.24) is 5.32 Å². The molecule has 5 nitrogen and oxygen atoms in total. The number of cyclic esters (lactones) is 1. The second-order valence-electron chi connectivity index (χ2n) is 7.31. The topological polar surface area (TPSA) is 64.6 Å². The zero-order chi connectivity index (χ0) is 20.0. The zero-order valence-corrected chi connectivity index (χ0v) is 16.5. The van der Waals surface area contributed by atoms with Crippen LogP contribution in [-0.2, 0) is 22.4 Å². The molecule has 1 N–H and O–H groups in total. The minimum Gasteiger partial charge on any atom is -0.494 e. The zero-order valence-electron chi connectivity index (χ0n) is 16.5. The van der Waals surface area contributed by atoms with Crippen LogP contribution < -0.4 is 10.1 Å². The molecule has 0 saturated heterocycles. The fourth-order valence-electron chi connectivity index (χ4n) is 3.25. The first-order valence-electron chi connectivity index (χ1n) is 9.83. The van der Waals surface area contributed by atoms with Gasteiger partial charge in [-0.05, 0) is 49.1 Å². The van der Waals surface area contributed by atoms with Crippen LogP contribution in [0.2, 0.25) is 0 Å². The maximum Gasteiger partial charge on any atom is 0.339 e. The highest BCUT2D eigenvalue weighted by Gasteiger charge is 2.42. The standard InChI is InChI=1S/C23H27NO4/c1-3-4-15-27-19-11-9-17(10-12-19)13-14-24-22(26)23(2)16-18-7-5-6-8-20(18)21(25)28-23/h5-12H,3-4,13-16H2,1-2H3,(H,24,26). The SMILES string of the molecule is CCCCOc1ccc(CCNC(=O)C2(C)Cc3ccccc3C(=O)O2)cc1. The Kier molecular flexibility index (Phi) is 6.34. The second-order valence-corrected chi connectivity index (χ2v) is 7.31. The number of fused-ring (bicyclic) bond motifs is 1. The quantitative estimate of drug-likeness (QED) is 0.559. The van der Waals surface area contributed by atoms with Crippen LogP contribution in [0, 0.1) is 0 Å². The largest absolute Gasteiger partial charge is 0.494 e. The number of hydrogen-bond donors (Lipinski definition) is 1. The Bertz CT molecular complexity index is 831. The van der Waals surface area contributed by atoms with Gasteiger partial charge >= 0.3 is 5.97 Å². The monoisotopic (exact) mass is 381 g/mol. The van der Waals surface area contributed by atoms with Crippen LogP contribution in [0.15, 0.2) is 48.5 Å². The number of ether oxygens (including phenoxy) is 2. The van der Waals surface area contributed by atoms with Gasteiger partial charge in [0, 0.05) is 13.0 Å². The van der Waals surface area contributed by atoms with Crippen molar-refractivity contribution in [1.29, 1.82) is 0 Å². The van der Waals surface area contributed by atoms with E-state index in [4.69, 9.17) is 9.47 Å². The number of carbonyl (C=O) groups is 2. The molecular formula is C23H27NO4. The smallest absolute Gasteiger partial charge is 0.339 e. The van der Waals surface area contributed by atoms with Gasteiger partial charge in [0.25, 0.3) is 5.91 Å². The molecule has 3 rings (SSSR count). The lowest BCUT2D eigenvalue weighted by Crippen LogP contribution is -2.52. The molecule has 0 spiro atoms. The first kappa shape index (κ1) is 19.9. The summed E-state index contributed by atoms with van der Waals surface area (Å²) in [5.74, 6) is 0.148. The fourth-order valence-corrected chi connectivity index (χ4v) is 3.25. The van der Waals surface area contributed by atoms with Gasteiger partial charge in [-0.2, -0.15) is 0 Å². The molecule has 1 amide bonds. The molecule has 1 aliphatic rings. The Hall–Kier alpha value is -2.82. The van der Waals surface area contributed by atoms with Gasteiger partial charge in [0.15, 0.2) is 5.60 Å². The van der Waals surface area contributed by atoms with Crippen LogP contribution in [0.1, 0.15) is 48.2 Å². The van der Waals surface area contributed by atoms with Gasteiger partial charge in [-0.1, -0.05) is 43.7 Å².